The summed E-state index contributed by atoms with van der Waals surface area (Å²) in [6, 6.07) is 2.46. The van der Waals surface area contributed by atoms with Crippen LogP contribution in [0.5, 0.6) is 0 Å². The second-order valence-electron chi connectivity index (χ2n) is 11.1. The van der Waals surface area contributed by atoms with Gasteiger partial charge in [-0.25, -0.2) is 9.78 Å². The van der Waals surface area contributed by atoms with Gasteiger partial charge in [0.05, 0.1) is 11.9 Å². The lowest BCUT2D eigenvalue weighted by atomic mass is 9.74. The molecule has 0 saturated heterocycles. The largest absolute Gasteiger partial charge is 0.444 e. The van der Waals surface area contributed by atoms with Crippen LogP contribution in [0.15, 0.2) is 12.3 Å². The third-order valence-corrected chi connectivity index (χ3v) is 7.82. The Morgan fingerprint density at radius 1 is 1.25 bits per heavy atom. The Morgan fingerprint density at radius 2 is 2.00 bits per heavy atom. The van der Waals surface area contributed by atoms with E-state index in [0.717, 1.165) is 37.1 Å². The van der Waals surface area contributed by atoms with Gasteiger partial charge in [0.25, 0.3) is 0 Å². The fourth-order valence-electron chi connectivity index (χ4n) is 6.46. The fraction of sp³-hybridized carbons (Fsp3) is 0.720. The molecule has 3 atom stereocenters. The molecule has 0 bridgehead atoms. The van der Waals surface area contributed by atoms with E-state index in [9.17, 15) is 4.79 Å². The zero-order chi connectivity index (χ0) is 22.5. The highest BCUT2D eigenvalue weighted by molar-refractivity contribution is 5.68. The van der Waals surface area contributed by atoms with Crippen LogP contribution in [-0.2, 0) is 16.6 Å². The van der Waals surface area contributed by atoms with Gasteiger partial charge in [0.2, 0.25) is 0 Å². The summed E-state index contributed by atoms with van der Waals surface area (Å²) in [6.07, 6.45) is 11.8. The van der Waals surface area contributed by atoms with Crippen LogP contribution < -0.4 is 10.6 Å². The molecule has 7 nitrogen and oxygen atoms in total. The zero-order valence-corrected chi connectivity index (χ0v) is 19.9. The maximum atomic E-state index is 12.2. The molecule has 0 aromatic carbocycles. The molecule has 3 aliphatic rings. The lowest BCUT2D eigenvalue weighted by Gasteiger charge is -2.30. The first-order chi connectivity index (χ1) is 15.3. The lowest BCUT2D eigenvalue weighted by Crippen LogP contribution is -2.38. The summed E-state index contributed by atoms with van der Waals surface area (Å²) in [5.74, 6) is 1.80. The van der Waals surface area contributed by atoms with Crippen LogP contribution in [0.1, 0.15) is 90.3 Å². The Bertz CT molecular complexity index is 1000. The van der Waals surface area contributed by atoms with E-state index in [4.69, 9.17) is 9.72 Å². The summed E-state index contributed by atoms with van der Waals surface area (Å²) in [5.41, 5.74) is 3.42. The van der Waals surface area contributed by atoms with Gasteiger partial charge >= 0.3 is 6.09 Å². The highest BCUT2D eigenvalue weighted by Gasteiger charge is 2.50. The number of nitrogens with zero attached hydrogens (tertiary/aromatic N) is 3. The molecule has 1 unspecified atom stereocenters. The summed E-state index contributed by atoms with van der Waals surface area (Å²) in [7, 11) is 0. The van der Waals surface area contributed by atoms with Gasteiger partial charge in [-0.2, -0.15) is 9.61 Å². The molecule has 3 aliphatic carbocycles. The van der Waals surface area contributed by atoms with Crippen LogP contribution in [-0.4, -0.2) is 38.4 Å². The van der Waals surface area contributed by atoms with Crippen LogP contribution in [0.25, 0.3) is 5.65 Å². The Hall–Kier alpha value is -2.31. The predicted molar refractivity (Wildman–Crippen MR) is 125 cm³/mol. The molecule has 32 heavy (non-hydrogen) atoms. The first-order valence-corrected chi connectivity index (χ1v) is 12.4. The minimum absolute atomic E-state index is 0.134. The highest BCUT2D eigenvalue weighted by atomic mass is 16.6. The molecule has 2 heterocycles. The van der Waals surface area contributed by atoms with E-state index < -0.39 is 5.60 Å². The maximum Gasteiger partial charge on any atom is 0.407 e. The quantitative estimate of drug-likeness (QED) is 0.702. The number of anilines is 1. The smallest absolute Gasteiger partial charge is 0.407 e. The monoisotopic (exact) mass is 439 g/mol. The zero-order valence-electron chi connectivity index (χ0n) is 19.9. The Labute approximate surface area is 190 Å². The summed E-state index contributed by atoms with van der Waals surface area (Å²) in [5, 5.41) is 11.5. The minimum atomic E-state index is -0.477. The molecule has 1 amide bonds. The molecule has 1 spiro atoms. The average molecular weight is 440 g/mol. The molecule has 2 N–H and O–H groups in total. The summed E-state index contributed by atoms with van der Waals surface area (Å²) < 4.78 is 7.44. The number of hydrogen-bond acceptors (Lipinski definition) is 5. The minimum Gasteiger partial charge on any atom is -0.444 e. The van der Waals surface area contributed by atoms with E-state index in [1.165, 1.54) is 43.4 Å². The number of hydrogen-bond donors (Lipinski definition) is 2. The van der Waals surface area contributed by atoms with Crippen molar-refractivity contribution in [1.29, 1.82) is 0 Å². The molecule has 5 rings (SSSR count). The summed E-state index contributed by atoms with van der Waals surface area (Å²) >= 11 is 0. The molecule has 2 aromatic heterocycles. The Morgan fingerprint density at radius 3 is 2.72 bits per heavy atom. The van der Waals surface area contributed by atoms with Gasteiger partial charge in [0.15, 0.2) is 5.65 Å². The SMILES string of the molecule is CCC1Cc2c(nc3ccnn3c2N[C@H]2CC[C@H](NC(=O)OC(C)(C)C)C2)C12CCCC2. The first kappa shape index (κ1) is 21.5. The van der Waals surface area contributed by atoms with Crippen LogP contribution in [0, 0.1) is 5.92 Å². The Kier molecular flexibility index (Phi) is 5.33. The van der Waals surface area contributed by atoms with Crippen LogP contribution in [0.3, 0.4) is 0 Å². The molecule has 174 valence electrons. The second kappa shape index (κ2) is 7.92. The van der Waals surface area contributed by atoms with Crippen molar-refractivity contribution in [3.8, 4) is 0 Å². The normalized spacial score (nSPS) is 26.6. The van der Waals surface area contributed by atoms with Crippen LogP contribution in [0.4, 0.5) is 10.6 Å². The molecule has 2 fully saturated rings. The predicted octanol–water partition coefficient (Wildman–Crippen LogP) is 4.98. The number of aromatic nitrogens is 3. The lowest BCUT2D eigenvalue weighted by molar-refractivity contribution is 0.0505. The van der Waals surface area contributed by atoms with Gasteiger partial charge in [-0.15, -0.1) is 0 Å². The summed E-state index contributed by atoms with van der Waals surface area (Å²) in [6.45, 7) is 8.02. The molecule has 0 aliphatic heterocycles. The highest BCUT2D eigenvalue weighted by Crippen LogP contribution is 2.55. The van der Waals surface area contributed by atoms with E-state index in [2.05, 4.69) is 22.7 Å². The van der Waals surface area contributed by atoms with Gasteiger partial charge in [-0.1, -0.05) is 26.2 Å². The number of fused-ring (bicyclic) bond motifs is 3. The molecule has 0 radical (unpaired) electrons. The number of alkyl carbamates (subject to hydrolysis) is 1. The van der Waals surface area contributed by atoms with E-state index in [0.29, 0.717) is 12.0 Å². The number of nitrogens with one attached hydrogen (secondary N) is 2. The summed E-state index contributed by atoms with van der Waals surface area (Å²) in [4.78, 5) is 17.4. The van der Waals surface area contributed by atoms with Gasteiger partial charge in [-0.3, -0.25) is 0 Å². The first-order valence-electron chi connectivity index (χ1n) is 12.4. The number of ether oxygens (including phenoxy) is 1. The van der Waals surface area contributed by atoms with Crippen molar-refractivity contribution in [3.63, 3.8) is 0 Å². The molecule has 7 heteroatoms. The molecule has 2 aromatic rings. The van der Waals surface area contributed by atoms with Crippen molar-refractivity contribution in [1.82, 2.24) is 19.9 Å². The van der Waals surface area contributed by atoms with Crippen molar-refractivity contribution in [2.75, 3.05) is 5.32 Å². The number of amides is 1. The van der Waals surface area contributed by atoms with E-state index in [1.54, 1.807) is 0 Å². The van der Waals surface area contributed by atoms with Crippen molar-refractivity contribution >= 4 is 17.6 Å². The van der Waals surface area contributed by atoms with Gasteiger partial charge in [-0.05, 0) is 65.2 Å². The number of carbonyl (C=O) groups excluding carboxylic acids is 1. The second-order valence-corrected chi connectivity index (χ2v) is 11.1. The van der Waals surface area contributed by atoms with Crippen molar-refractivity contribution in [2.24, 2.45) is 5.92 Å². The maximum absolute atomic E-state index is 12.2. The van der Waals surface area contributed by atoms with Gasteiger partial charge < -0.3 is 15.4 Å². The van der Waals surface area contributed by atoms with Crippen LogP contribution >= 0.6 is 0 Å². The molecular weight excluding hydrogens is 402 g/mol. The van der Waals surface area contributed by atoms with Crippen LogP contribution in [0.2, 0.25) is 0 Å². The van der Waals surface area contributed by atoms with Crippen molar-refractivity contribution in [3.05, 3.63) is 23.5 Å². The van der Waals surface area contributed by atoms with Crippen molar-refractivity contribution in [2.45, 2.75) is 109 Å². The molecular formula is C25H37N5O2. The average Bonchev–Trinajstić information content (AvgIpc) is 3.49. The van der Waals surface area contributed by atoms with Gasteiger partial charge in [0.1, 0.15) is 11.4 Å². The van der Waals surface area contributed by atoms with Crippen molar-refractivity contribution < 1.29 is 9.53 Å². The standard InChI is InChI=1S/C25H37N5O2/c1-5-16-14-19-21(25(16)11-6-7-12-25)29-20-10-13-26-30(20)22(19)27-17-8-9-18(15-17)28-23(31)32-24(2,3)4/h10,13,16-18,27H,5-9,11-12,14-15H2,1-4H3,(H,28,31)/t16?,17-,18-/m0/s1. The van der Waals surface area contributed by atoms with E-state index in [1.807, 2.05) is 37.5 Å². The third-order valence-electron chi connectivity index (χ3n) is 7.82. The number of carbonyl (C=O) groups is 1. The Balaban J connectivity index is 1.38. The van der Waals surface area contributed by atoms with E-state index in [-0.39, 0.29) is 17.6 Å². The molecule has 2 saturated carbocycles. The van der Waals surface area contributed by atoms with Gasteiger partial charge in [0, 0.05) is 29.1 Å². The topological polar surface area (TPSA) is 80.5 Å². The van der Waals surface area contributed by atoms with E-state index >= 15 is 0 Å². The fourth-order valence-corrected chi connectivity index (χ4v) is 6.46. The third kappa shape index (κ3) is 3.73. The number of rotatable bonds is 4.